The van der Waals surface area contributed by atoms with Crippen LogP contribution < -0.4 is 19.1 Å². The van der Waals surface area contributed by atoms with Crippen LogP contribution in [0.25, 0.3) is 0 Å². The first-order chi connectivity index (χ1) is 19.3. The Labute approximate surface area is 236 Å². The predicted molar refractivity (Wildman–Crippen MR) is 155 cm³/mol. The fraction of sp³-hybridized carbons (Fsp3) is 0.333. The molecule has 0 radical (unpaired) electrons. The number of hydrogen-bond donors (Lipinski definition) is 1. The molecule has 10 heteroatoms. The molecule has 9 nitrogen and oxygen atoms in total. The number of methoxy groups -OCH3 is 2. The first-order valence-corrected chi connectivity index (χ1v) is 14.6. The van der Waals surface area contributed by atoms with Gasteiger partial charge in [0.25, 0.3) is 10.0 Å². The van der Waals surface area contributed by atoms with Gasteiger partial charge in [-0.2, -0.15) is 0 Å². The Kier molecular flexibility index (Phi) is 11.0. The van der Waals surface area contributed by atoms with Crippen LogP contribution in [0.5, 0.6) is 11.5 Å². The lowest BCUT2D eigenvalue weighted by molar-refractivity contribution is -0.140. The standard InChI is InChI=1S/C30H37N3O6S/c1-5-19-31-30(35)26(6-2)32(21-23-13-9-7-10-14-23)29(34)22-33(40(36,37)25-15-11-8-12-16-25)24-17-18-27(38-3)28(20-24)39-4/h7-18,20,26H,5-6,19,21-22H2,1-4H3,(H,31,35)/t26-/m1/s1. The lowest BCUT2D eigenvalue weighted by atomic mass is 10.1. The molecule has 0 spiro atoms. The highest BCUT2D eigenvalue weighted by Crippen LogP contribution is 2.34. The monoisotopic (exact) mass is 567 g/mol. The highest BCUT2D eigenvalue weighted by Gasteiger charge is 2.34. The number of ether oxygens (including phenoxy) is 2. The number of sulfonamides is 1. The van der Waals surface area contributed by atoms with Crippen molar-refractivity contribution < 1.29 is 27.5 Å². The van der Waals surface area contributed by atoms with Gasteiger partial charge in [0.2, 0.25) is 11.8 Å². The molecule has 3 aromatic rings. The van der Waals surface area contributed by atoms with Gasteiger partial charge in [-0.15, -0.1) is 0 Å². The molecule has 1 N–H and O–H groups in total. The number of carbonyl (C=O) groups excluding carboxylic acids is 2. The van der Waals surface area contributed by atoms with Gasteiger partial charge >= 0.3 is 0 Å². The molecule has 0 unspecified atom stereocenters. The predicted octanol–water partition coefficient (Wildman–Crippen LogP) is 4.23. The van der Waals surface area contributed by atoms with Crippen molar-refractivity contribution in [3.05, 3.63) is 84.4 Å². The number of anilines is 1. The lowest BCUT2D eigenvalue weighted by Crippen LogP contribution is -2.52. The molecular formula is C30H37N3O6S. The van der Waals surface area contributed by atoms with Gasteiger partial charge in [-0.3, -0.25) is 13.9 Å². The summed E-state index contributed by atoms with van der Waals surface area (Å²) in [6, 6.07) is 21.1. The van der Waals surface area contributed by atoms with Gasteiger partial charge in [0.15, 0.2) is 11.5 Å². The van der Waals surface area contributed by atoms with E-state index in [0.717, 1.165) is 16.3 Å². The molecule has 3 aromatic carbocycles. The van der Waals surface area contributed by atoms with Gasteiger partial charge in [0.1, 0.15) is 12.6 Å². The molecule has 0 bridgehead atoms. The zero-order valence-electron chi connectivity index (χ0n) is 23.4. The van der Waals surface area contributed by atoms with Crippen molar-refractivity contribution in [1.29, 1.82) is 0 Å². The summed E-state index contributed by atoms with van der Waals surface area (Å²) >= 11 is 0. The van der Waals surface area contributed by atoms with Crippen LogP contribution in [-0.2, 0) is 26.2 Å². The van der Waals surface area contributed by atoms with E-state index >= 15 is 0 Å². The number of amides is 2. The number of hydrogen-bond acceptors (Lipinski definition) is 6. The van der Waals surface area contributed by atoms with Crippen molar-refractivity contribution in [2.45, 2.75) is 44.2 Å². The van der Waals surface area contributed by atoms with Gasteiger partial charge in [0, 0.05) is 19.2 Å². The number of carbonyl (C=O) groups is 2. The van der Waals surface area contributed by atoms with Crippen LogP contribution >= 0.6 is 0 Å². The summed E-state index contributed by atoms with van der Waals surface area (Å²) in [5.74, 6) is -0.0694. The average Bonchev–Trinajstić information content (AvgIpc) is 2.99. The topological polar surface area (TPSA) is 105 Å². The Balaban J connectivity index is 2.08. The lowest BCUT2D eigenvalue weighted by Gasteiger charge is -2.33. The molecule has 0 heterocycles. The maximum absolute atomic E-state index is 14.0. The second kappa shape index (κ2) is 14.4. The van der Waals surface area contributed by atoms with Gasteiger partial charge in [-0.1, -0.05) is 62.4 Å². The third-order valence-corrected chi connectivity index (χ3v) is 8.18. The molecule has 0 saturated heterocycles. The van der Waals surface area contributed by atoms with Gasteiger partial charge in [0.05, 0.1) is 24.8 Å². The Bertz CT molecular complexity index is 1370. The van der Waals surface area contributed by atoms with Gasteiger partial charge in [-0.25, -0.2) is 8.42 Å². The number of nitrogens with zero attached hydrogens (tertiary/aromatic N) is 2. The second-order valence-electron chi connectivity index (χ2n) is 9.09. The van der Waals surface area contributed by atoms with E-state index in [1.165, 1.54) is 37.3 Å². The van der Waals surface area contributed by atoms with Crippen molar-refractivity contribution in [2.24, 2.45) is 0 Å². The molecule has 1 atom stereocenters. The Morgan fingerprint density at radius 3 is 2.08 bits per heavy atom. The molecular weight excluding hydrogens is 530 g/mol. The summed E-state index contributed by atoms with van der Waals surface area (Å²) in [5.41, 5.74) is 1.04. The molecule has 0 aliphatic carbocycles. The fourth-order valence-corrected chi connectivity index (χ4v) is 5.72. The Morgan fingerprint density at radius 1 is 0.875 bits per heavy atom. The maximum Gasteiger partial charge on any atom is 0.264 e. The van der Waals surface area contributed by atoms with Crippen LogP contribution in [0.1, 0.15) is 32.3 Å². The van der Waals surface area contributed by atoms with Gasteiger partial charge < -0.3 is 19.7 Å². The third kappa shape index (κ3) is 7.32. The van der Waals surface area contributed by atoms with Crippen molar-refractivity contribution >= 4 is 27.5 Å². The average molecular weight is 568 g/mol. The molecule has 0 saturated carbocycles. The van der Waals surface area contributed by atoms with Gasteiger partial charge in [-0.05, 0) is 42.7 Å². The molecule has 0 aliphatic heterocycles. The molecule has 40 heavy (non-hydrogen) atoms. The molecule has 0 fully saturated rings. The van der Waals surface area contributed by atoms with Crippen molar-refractivity contribution in [1.82, 2.24) is 10.2 Å². The minimum absolute atomic E-state index is 0.0277. The Hall–Kier alpha value is -4.05. The quantitative estimate of drug-likeness (QED) is 0.313. The number of benzene rings is 3. The van der Waals surface area contributed by atoms with Crippen molar-refractivity contribution in [3.63, 3.8) is 0 Å². The van der Waals surface area contributed by atoms with E-state index < -0.39 is 28.5 Å². The first-order valence-electron chi connectivity index (χ1n) is 13.2. The summed E-state index contributed by atoms with van der Waals surface area (Å²) in [5, 5.41) is 2.88. The smallest absolute Gasteiger partial charge is 0.264 e. The zero-order valence-corrected chi connectivity index (χ0v) is 24.2. The summed E-state index contributed by atoms with van der Waals surface area (Å²) in [6.07, 6.45) is 1.10. The highest BCUT2D eigenvalue weighted by molar-refractivity contribution is 7.92. The normalized spacial score (nSPS) is 11.8. The number of nitrogens with one attached hydrogen (secondary N) is 1. The summed E-state index contributed by atoms with van der Waals surface area (Å²) in [4.78, 5) is 28.7. The molecule has 2 amide bonds. The van der Waals surface area contributed by atoms with E-state index in [1.54, 1.807) is 30.3 Å². The highest BCUT2D eigenvalue weighted by atomic mass is 32.2. The SMILES string of the molecule is CCCNC(=O)[C@@H](CC)N(Cc1ccccc1)C(=O)CN(c1ccc(OC)c(OC)c1)S(=O)(=O)c1ccccc1. The van der Waals surface area contributed by atoms with Crippen LogP contribution in [0.3, 0.4) is 0 Å². The molecule has 0 aliphatic rings. The van der Waals surface area contributed by atoms with E-state index in [0.29, 0.717) is 24.5 Å². The van der Waals surface area contributed by atoms with E-state index in [2.05, 4.69) is 5.32 Å². The molecule has 3 rings (SSSR count). The minimum atomic E-state index is -4.18. The van der Waals surface area contributed by atoms with Crippen LogP contribution in [0.2, 0.25) is 0 Å². The molecule has 214 valence electrons. The minimum Gasteiger partial charge on any atom is -0.493 e. The van der Waals surface area contributed by atoms with E-state index in [4.69, 9.17) is 9.47 Å². The summed E-state index contributed by atoms with van der Waals surface area (Å²) < 4.78 is 39.6. The van der Waals surface area contributed by atoms with Crippen LogP contribution in [0.4, 0.5) is 5.69 Å². The maximum atomic E-state index is 14.0. The second-order valence-corrected chi connectivity index (χ2v) is 10.9. The van der Waals surface area contributed by atoms with E-state index in [9.17, 15) is 18.0 Å². The largest absolute Gasteiger partial charge is 0.493 e. The van der Waals surface area contributed by atoms with Crippen LogP contribution in [0.15, 0.2) is 83.8 Å². The van der Waals surface area contributed by atoms with Crippen LogP contribution in [-0.4, -0.2) is 58.5 Å². The van der Waals surface area contributed by atoms with Crippen molar-refractivity contribution in [3.8, 4) is 11.5 Å². The summed E-state index contributed by atoms with van der Waals surface area (Å²) in [6.45, 7) is 3.86. The van der Waals surface area contributed by atoms with Crippen molar-refractivity contribution in [2.75, 3.05) is 31.6 Å². The first kappa shape index (κ1) is 30.5. The van der Waals surface area contributed by atoms with E-state index in [1.807, 2.05) is 44.2 Å². The Morgan fingerprint density at radius 2 is 1.50 bits per heavy atom. The summed E-state index contributed by atoms with van der Waals surface area (Å²) in [7, 11) is -1.25. The zero-order chi connectivity index (χ0) is 29.1. The van der Waals surface area contributed by atoms with Crippen LogP contribution in [0, 0.1) is 0 Å². The third-order valence-electron chi connectivity index (χ3n) is 6.40. The van der Waals surface area contributed by atoms with E-state index in [-0.39, 0.29) is 23.0 Å². The fourth-order valence-electron chi connectivity index (χ4n) is 4.29. The number of rotatable bonds is 14. The molecule has 0 aromatic heterocycles.